The van der Waals surface area contributed by atoms with Gasteiger partial charge >= 0.3 is 5.97 Å². The number of benzene rings is 2. The Hall–Kier alpha value is -2.36. The van der Waals surface area contributed by atoms with Crippen molar-refractivity contribution >= 4 is 23.0 Å². The average Bonchev–Trinajstić information content (AvgIpc) is 2.36. The van der Waals surface area contributed by atoms with Crippen molar-refractivity contribution in [1.82, 2.24) is 0 Å². The van der Waals surface area contributed by atoms with Gasteiger partial charge in [-0.15, -0.1) is 0 Å². The number of aldehydes is 1. The highest BCUT2D eigenvalue weighted by molar-refractivity contribution is 6.07. The fraction of sp³-hybridized carbons (Fsp3) is 0.0769. The average molecular weight is 230 g/mol. The van der Waals surface area contributed by atoms with Crippen molar-refractivity contribution in [2.45, 2.75) is 0 Å². The molecule has 2 aromatic rings. The molecule has 0 atom stereocenters. The van der Waals surface area contributed by atoms with E-state index in [0.717, 1.165) is 0 Å². The summed E-state index contributed by atoms with van der Waals surface area (Å²) in [4.78, 5) is 22.1. The minimum absolute atomic E-state index is 0.00620. The zero-order valence-corrected chi connectivity index (χ0v) is 9.14. The molecular weight excluding hydrogens is 220 g/mol. The predicted octanol–water partition coefficient (Wildman–Crippen LogP) is 2.36. The first kappa shape index (κ1) is 11.1. The van der Waals surface area contributed by atoms with Crippen molar-refractivity contribution in [3.8, 4) is 5.75 Å². The highest BCUT2D eigenvalue weighted by atomic mass is 16.5. The van der Waals surface area contributed by atoms with Gasteiger partial charge in [0.15, 0.2) is 6.29 Å². The van der Waals surface area contributed by atoms with Crippen LogP contribution in [0.5, 0.6) is 5.75 Å². The SMILES string of the molecule is COc1c(C(=O)O)cc(C=O)c2ccccc12. The lowest BCUT2D eigenvalue weighted by Gasteiger charge is -2.10. The molecule has 0 aliphatic carbocycles. The number of carbonyl (C=O) groups is 2. The molecule has 2 rings (SSSR count). The maximum absolute atomic E-state index is 11.1. The van der Waals surface area contributed by atoms with E-state index in [0.29, 0.717) is 22.6 Å². The van der Waals surface area contributed by atoms with E-state index in [1.807, 2.05) is 0 Å². The maximum atomic E-state index is 11.1. The topological polar surface area (TPSA) is 63.6 Å². The third-order valence-electron chi connectivity index (χ3n) is 2.59. The monoisotopic (exact) mass is 230 g/mol. The first-order valence-electron chi connectivity index (χ1n) is 4.97. The minimum atomic E-state index is -1.12. The van der Waals surface area contributed by atoms with Crippen molar-refractivity contribution < 1.29 is 19.4 Å². The van der Waals surface area contributed by atoms with Gasteiger partial charge in [-0.05, 0) is 11.5 Å². The summed E-state index contributed by atoms with van der Waals surface area (Å²) in [5.41, 5.74) is 0.340. The summed E-state index contributed by atoms with van der Waals surface area (Å²) >= 11 is 0. The zero-order chi connectivity index (χ0) is 12.4. The predicted molar refractivity (Wildman–Crippen MR) is 62.8 cm³/mol. The second-order valence-electron chi connectivity index (χ2n) is 3.52. The molecule has 0 aliphatic heterocycles. The summed E-state index contributed by atoms with van der Waals surface area (Å²) < 4.78 is 5.12. The number of carbonyl (C=O) groups excluding carboxylic acids is 1. The molecule has 0 unspecified atom stereocenters. The molecule has 0 bridgehead atoms. The molecule has 0 spiro atoms. The highest BCUT2D eigenvalue weighted by Gasteiger charge is 2.16. The molecule has 2 aromatic carbocycles. The van der Waals surface area contributed by atoms with Gasteiger partial charge in [0.25, 0.3) is 0 Å². The Labute approximate surface area is 97.4 Å². The van der Waals surface area contributed by atoms with Crippen molar-refractivity contribution in [2.24, 2.45) is 0 Å². The molecule has 0 aromatic heterocycles. The Morgan fingerprint density at radius 1 is 1.29 bits per heavy atom. The molecule has 86 valence electrons. The summed E-state index contributed by atoms with van der Waals surface area (Å²) in [5, 5.41) is 10.4. The van der Waals surface area contributed by atoms with Crippen LogP contribution in [0.4, 0.5) is 0 Å². The maximum Gasteiger partial charge on any atom is 0.339 e. The molecule has 4 nitrogen and oxygen atoms in total. The van der Waals surface area contributed by atoms with Crippen LogP contribution in [0.15, 0.2) is 30.3 Å². The van der Waals surface area contributed by atoms with Gasteiger partial charge in [-0.1, -0.05) is 24.3 Å². The molecule has 0 heterocycles. The van der Waals surface area contributed by atoms with E-state index in [4.69, 9.17) is 9.84 Å². The van der Waals surface area contributed by atoms with Gasteiger partial charge in [0, 0.05) is 10.9 Å². The molecule has 0 saturated carbocycles. The van der Waals surface area contributed by atoms with Gasteiger partial charge < -0.3 is 9.84 Å². The molecule has 1 N–H and O–H groups in total. The first-order valence-corrected chi connectivity index (χ1v) is 4.97. The quantitative estimate of drug-likeness (QED) is 0.822. The summed E-state index contributed by atoms with van der Waals surface area (Å²) in [5.74, 6) is -0.839. The number of ether oxygens (including phenoxy) is 1. The van der Waals surface area contributed by atoms with Gasteiger partial charge in [0.05, 0.1) is 7.11 Å². The smallest absolute Gasteiger partial charge is 0.339 e. The normalized spacial score (nSPS) is 10.2. The van der Waals surface area contributed by atoms with Gasteiger partial charge in [0.1, 0.15) is 11.3 Å². The van der Waals surface area contributed by atoms with Gasteiger partial charge in [-0.2, -0.15) is 0 Å². The van der Waals surface area contributed by atoms with Crippen LogP contribution in [0.25, 0.3) is 10.8 Å². The van der Waals surface area contributed by atoms with Crippen LogP contribution in [0.2, 0.25) is 0 Å². The largest absolute Gasteiger partial charge is 0.495 e. The molecule has 0 saturated heterocycles. The van der Waals surface area contributed by atoms with Crippen LogP contribution in [0, 0.1) is 0 Å². The second kappa shape index (κ2) is 4.25. The molecule has 4 heteroatoms. The number of carboxylic acid groups (broad SMARTS) is 1. The van der Waals surface area contributed by atoms with Crippen LogP contribution >= 0.6 is 0 Å². The first-order chi connectivity index (χ1) is 8.19. The fourth-order valence-corrected chi connectivity index (χ4v) is 1.85. The third-order valence-corrected chi connectivity index (χ3v) is 2.59. The lowest BCUT2D eigenvalue weighted by atomic mass is 10.00. The number of hydrogen-bond donors (Lipinski definition) is 1. The van der Waals surface area contributed by atoms with Crippen LogP contribution in [0.1, 0.15) is 20.7 Å². The molecular formula is C13H10O4. The Balaban J connectivity index is 2.94. The van der Waals surface area contributed by atoms with Gasteiger partial charge in [-0.25, -0.2) is 4.79 Å². The van der Waals surface area contributed by atoms with E-state index < -0.39 is 5.97 Å². The Bertz CT molecular complexity index is 602. The number of methoxy groups -OCH3 is 1. The minimum Gasteiger partial charge on any atom is -0.495 e. The number of rotatable bonds is 3. The van der Waals surface area contributed by atoms with E-state index in [9.17, 15) is 9.59 Å². The van der Waals surface area contributed by atoms with Crippen molar-refractivity contribution in [3.05, 3.63) is 41.5 Å². The van der Waals surface area contributed by atoms with E-state index in [-0.39, 0.29) is 11.3 Å². The lowest BCUT2D eigenvalue weighted by molar-refractivity contribution is 0.0693. The number of fused-ring (bicyclic) bond motifs is 1. The molecule has 0 amide bonds. The van der Waals surface area contributed by atoms with Crippen LogP contribution in [0.3, 0.4) is 0 Å². The van der Waals surface area contributed by atoms with E-state index >= 15 is 0 Å². The molecule has 0 aliphatic rings. The van der Waals surface area contributed by atoms with Gasteiger partial charge in [-0.3, -0.25) is 4.79 Å². The molecule has 17 heavy (non-hydrogen) atoms. The van der Waals surface area contributed by atoms with E-state index in [1.165, 1.54) is 13.2 Å². The summed E-state index contributed by atoms with van der Waals surface area (Å²) in [7, 11) is 1.41. The number of aromatic carboxylic acids is 1. The summed E-state index contributed by atoms with van der Waals surface area (Å²) in [6.45, 7) is 0. The van der Waals surface area contributed by atoms with E-state index in [1.54, 1.807) is 24.3 Å². The zero-order valence-electron chi connectivity index (χ0n) is 9.14. The van der Waals surface area contributed by atoms with Gasteiger partial charge in [0.2, 0.25) is 0 Å². The van der Waals surface area contributed by atoms with Crippen molar-refractivity contribution in [3.63, 3.8) is 0 Å². The molecule has 0 radical (unpaired) electrons. The van der Waals surface area contributed by atoms with Crippen LogP contribution in [-0.2, 0) is 0 Å². The number of carboxylic acids is 1. The lowest BCUT2D eigenvalue weighted by Crippen LogP contribution is -2.03. The standard InChI is InChI=1S/C13H10O4/c1-17-12-10-5-3-2-4-9(10)8(7-14)6-11(12)13(15)16/h2-7H,1H3,(H,15,16). The van der Waals surface area contributed by atoms with E-state index in [2.05, 4.69) is 0 Å². The van der Waals surface area contributed by atoms with Crippen molar-refractivity contribution in [2.75, 3.05) is 7.11 Å². The third kappa shape index (κ3) is 1.73. The van der Waals surface area contributed by atoms with Crippen LogP contribution in [-0.4, -0.2) is 24.5 Å². The Kier molecular flexibility index (Phi) is 2.78. The van der Waals surface area contributed by atoms with Crippen molar-refractivity contribution in [1.29, 1.82) is 0 Å². The Morgan fingerprint density at radius 2 is 1.94 bits per heavy atom. The second-order valence-corrected chi connectivity index (χ2v) is 3.52. The molecule has 0 fully saturated rings. The Morgan fingerprint density at radius 3 is 2.47 bits per heavy atom. The summed E-state index contributed by atoms with van der Waals surface area (Å²) in [6.07, 6.45) is 0.647. The fourth-order valence-electron chi connectivity index (χ4n) is 1.85. The highest BCUT2D eigenvalue weighted by Crippen LogP contribution is 2.31. The van der Waals surface area contributed by atoms with Crippen LogP contribution < -0.4 is 4.74 Å². The summed E-state index contributed by atoms with van der Waals surface area (Å²) in [6, 6.07) is 8.37. The number of hydrogen-bond acceptors (Lipinski definition) is 3.